The van der Waals surface area contributed by atoms with Gasteiger partial charge in [0, 0.05) is 35.1 Å². The van der Waals surface area contributed by atoms with Gasteiger partial charge in [0.25, 0.3) is 0 Å². The van der Waals surface area contributed by atoms with E-state index < -0.39 is 11.6 Å². The highest BCUT2D eigenvalue weighted by molar-refractivity contribution is 5.97. The number of nitrogens with zero attached hydrogens (tertiary/aromatic N) is 3. The van der Waals surface area contributed by atoms with Gasteiger partial charge in [-0.15, -0.1) is 0 Å². The lowest BCUT2D eigenvalue weighted by Crippen LogP contribution is -2.27. The van der Waals surface area contributed by atoms with Gasteiger partial charge in [0.05, 0.1) is 28.4 Å². The van der Waals surface area contributed by atoms with Crippen LogP contribution < -0.4 is 5.32 Å². The molecule has 2 heterocycles. The summed E-state index contributed by atoms with van der Waals surface area (Å²) in [6, 6.07) is 12.5. The van der Waals surface area contributed by atoms with Crippen LogP contribution in [0.25, 0.3) is 33.3 Å². The van der Waals surface area contributed by atoms with Crippen molar-refractivity contribution in [3.8, 4) is 28.5 Å². The molecule has 0 unspecified atom stereocenters. The van der Waals surface area contributed by atoms with Crippen LogP contribution in [0.15, 0.2) is 36.4 Å². The Kier molecular flexibility index (Phi) is 5.22. The number of rotatable bonds is 4. The van der Waals surface area contributed by atoms with Crippen LogP contribution in [0.1, 0.15) is 40.7 Å². The number of halogens is 2. The van der Waals surface area contributed by atoms with E-state index in [0.717, 1.165) is 43.3 Å². The summed E-state index contributed by atoms with van der Waals surface area (Å²) in [5.74, 6) is -1.33. The lowest BCUT2D eigenvalue weighted by atomic mass is 9.90. The molecule has 1 aliphatic carbocycles. The number of benzene rings is 3. The Morgan fingerprint density at radius 1 is 1.11 bits per heavy atom. The number of H-pyrrole nitrogens is 1. The Balaban J connectivity index is 1.51. The zero-order chi connectivity index (χ0) is 25.2. The molecule has 3 aromatic carbocycles. The second kappa shape index (κ2) is 8.22. The summed E-state index contributed by atoms with van der Waals surface area (Å²) in [4.78, 5) is 2.29. The topological polar surface area (TPSA) is 67.7 Å². The molecule has 0 atom stereocenters. The summed E-state index contributed by atoms with van der Waals surface area (Å²) in [5.41, 5.74) is 6.66. The van der Waals surface area contributed by atoms with Crippen molar-refractivity contribution >= 4 is 10.9 Å². The van der Waals surface area contributed by atoms with Crippen LogP contribution in [0.5, 0.6) is 0 Å². The second-order valence-electron chi connectivity index (χ2n) is 10.2. The van der Waals surface area contributed by atoms with Gasteiger partial charge in [0.15, 0.2) is 0 Å². The Morgan fingerprint density at radius 2 is 1.86 bits per heavy atom. The number of hydrogen-bond donors (Lipinski definition) is 2. The summed E-state index contributed by atoms with van der Waals surface area (Å²) in [6.45, 7) is 4.02. The summed E-state index contributed by atoms with van der Waals surface area (Å²) in [5, 5.41) is 21.3. The van der Waals surface area contributed by atoms with Crippen LogP contribution in [0.4, 0.5) is 8.78 Å². The number of nitriles is 1. The fourth-order valence-electron chi connectivity index (χ4n) is 5.70. The predicted octanol–water partition coefficient (Wildman–Crippen LogP) is 5.55. The van der Waals surface area contributed by atoms with Crippen molar-refractivity contribution in [2.75, 3.05) is 20.6 Å². The van der Waals surface area contributed by atoms with Gasteiger partial charge >= 0.3 is 0 Å². The molecule has 36 heavy (non-hydrogen) atoms. The first-order valence-electron chi connectivity index (χ1n) is 12.3. The zero-order valence-electron chi connectivity index (χ0n) is 20.6. The van der Waals surface area contributed by atoms with Crippen molar-refractivity contribution in [1.82, 2.24) is 20.4 Å². The molecule has 0 bridgehead atoms. The molecule has 7 heteroatoms. The third-order valence-electron chi connectivity index (χ3n) is 7.94. The lowest BCUT2D eigenvalue weighted by molar-refractivity contribution is 0.312. The number of aromatic amines is 1. The Bertz CT molecular complexity index is 1550. The van der Waals surface area contributed by atoms with Crippen molar-refractivity contribution in [3.63, 3.8) is 0 Å². The van der Waals surface area contributed by atoms with Gasteiger partial charge < -0.3 is 10.2 Å². The first kappa shape index (κ1) is 22.8. The maximum absolute atomic E-state index is 15.4. The normalized spacial score (nSPS) is 16.7. The van der Waals surface area contributed by atoms with Gasteiger partial charge in [-0.1, -0.05) is 0 Å². The largest absolute Gasteiger partial charge is 0.310 e. The summed E-state index contributed by atoms with van der Waals surface area (Å²) in [6.07, 6.45) is 2.69. The van der Waals surface area contributed by atoms with E-state index in [-0.39, 0.29) is 22.2 Å². The molecule has 182 valence electrons. The number of fused-ring (bicyclic) bond motifs is 2. The minimum absolute atomic E-state index is 0.181. The van der Waals surface area contributed by atoms with E-state index in [1.54, 1.807) is 19.2 Å². The minimum Gasteiger partial charge on any atom is -0.310 e. The number of hydrogen-bond acceptors (Lipinski definition) is 4. The molecule has 1 fully saturated rings. The van der Waals surface area contributed by atoms with Crippen LogP contribution in [0.3, 0.4) is 0 Å². The predicted molar refractivity (Wildman–Crippen MR) is 136 cm³/mol. The van der Waals surface area contributed by atoms with Crippen LogP contribution in [0.2, 0.25) is 0 Å². The first-order chi connectivity index (χ1) is 17.3. The SMILES string of the molecule is CNC1(c2cc(F)c(-c3cc4c(-c5cc(C)c6c(c5)CN(C)CC6)n[nH]c4cc3C#N)c(F)c2)CC1. The number of aromatic nitrogens is 2. The maximum atomic E-state index is 15.4. The van der Waals surface area contributed by atoms with Crippen molar-refractivity contribution in [2.24, 2.45) is 0 Å². The van der Waals surface area contributed by atoms with E-state index in [1.165, 1.54) is 28.8 Å². The van der Waals surface area contributed by atoms with Crippen molar-refractivity contribution in [1.29, 1.82) is 5.26 Å². The van der Waals surface area contributed by atoms with E-state index in [1.807, 2.05) is 0 Å². The van der Waals surface area contributed by atoms with Crippen LogP contribution in [-0.2, 0) is 18.5 Å². The Morgan fingerprint density at radius 3 is 2.53 bits per heavy atom. The standard InChI is InChI=1S/C29H27F2N5/c1-16-8-17(9-19-15-36(3)7-4-21(16)19)28-23-13-22(18(14-32)10-26(23)34-35-28)27-24(30)11-20(12-25(27)31)29(33-2)5-6-29/h8-13,33H,4-7,15H2,1-3H3,(H,34,35). The first-order valence-corrected chi connectivity index (χ1v) is 12.3. The van der Waals surface area contributed by atoms with Crippen LogP contribution in [-0.4, -0.2) is 35.7 Å². The second-order valence-corrected chi connectivity index (χ2v) is 10.2. The molecule has 6 rings (SSSR count). The van der Waals surface area contributed by atoms with Crippen LogP contribution in [0, 0.1) is 29.9 Å². The lowest BCUT2D eigenvalue weighted by Gasteiger charge is -2.26. The average Bonchev–Trinajstić information content (AvgIpc) is 3.55. The smallest absolute Gasteiger partial charge is 0.134 e. The quantitative estimate of drug-likeness (QED) is 0.399. The third-order valence-corrected chi connectivity index (χ3v) is 7.94. The van der Waals surface area contributed by atoms with Gasteiger partial charge in [-0.05, 0) is 98.9 Å². The Labute approximate surface area is 208 Å². The molecule has 0 amide bonds. The zero-order valence-corrected chi connectivity index (χ0v) is 20.6. The van der Waals surface area contributed by atoms with Crippen molar-refractivity contribution in [3.05, 3.63) is 75.8 Å². The fourth-order valence-corrected chi connectivity index (χ4v) is 5.70. The van der Waals surface area contributed by atoms with Gasteiger partial charge in [0.2, 0.25) is 0 Å². The number of likely N-dealkylation sites (N-methyl/N-ethyl adjacent to an activating group) is 1. The summed E-state index contributed by atoms with van der Waals surface area (Å²) < 4.78 is 30.9. The van der Waals surface area contributed by atoms with Gasteiger partial charge in [0.1, 0.15) is 11.6 Å². The molecule has 1 aromatic heterocycles. The number of aryl methyl sites for hydroxylation is 1. The van der Waals surface area contributed by atoms with Gasteiger partial charge in [-0.2, -0.15) is 10.4 Å². The molecule has 0 radical (unpaired) electrons. The monoisotopic (exact) mass is 483 g/mol. The summed E-state index contributed by atoms with van der Waals surface area (Å²) in [7, 11) is 3.92. The molecule has 4 aromatic rings. The van der Waals surface area contributed by atoms with Crippen molar-refractivity contribution in [2.45, 2.75) is 38.3 Å². The van der Waals surface area contributed by atoms with E-state index in [2.05, 4.69) is 52.6 Å². The molecule has 1 aliphatic heterocycles. The van der Waals surface area contributed by atoms with Gasteiger partial charge in [-0.25, -0.2) is 8.78 Å². The highest BCUT2D eigenvalue weighted by atomic mass is 19.1. The van der Waals surface area contributed by atoms with Gasteiger partial charge in [-0.3, -0.25) is 5.10 Å². The minimum atomic E-state index is -0.667. The van der Waals surface area contributed by atoms with E-state index in [9.17, 15) is 5.26 Å². The Hall–Kier alpha value is -3.60. The summed E-state index contributed by atoms with van der Waals surface area (Å²) >= 11 is 0. The maximum Gasteiger partial charge on any atom is 0.134 e. The molecule has 5 nitrogen and oxygen atoms in total. The molecule has 2 N–H and O–H groups in total. The third kappa shape index (κ3) is 3.52. The van der Waals surface area contributed by atoms with E-state index >= 15 is 8.78 Å². The molecule has 0 spiro atoms. The average molecular weight is 484 g/mol. The van der Waals surface area contributed by atoms with E-state index in [0.29, 0.717) is 16.8 Å². The van der Waals surface area contributed by atoms with Crippen LogP contribution >= 0.6 is 0 Å². The fraction of sp³-hybridized carbons (Fsp3) is 0.310. The highest BCUT2D eigenvalue weighted by Crippen LogP contribution is 2.47. The highest BCUT2D eigenvalue weighted by Gasteiger charge is 2.43. The van der Waals surface area contributed by atoms with E-state index in [4.69, 9.17) is 0 Å². The molecule has 0 saturated heterocycles. The molecular weight excluding hydrogens is 456 g/mol. The van der Waals surface area contributed by atoms with Crippen molar-refractivity contribution < 1.29 is 8.78 Å². The molecule has 1 saturated carbocycles. The number of nitrogens with one attached hydrogen (secondary N) is 2. The molecule has 2 aliphatic rings. The molecular formula is C29H27F2N5.